The first-order chi connectivity index (χ1) is 30.0. The van der Waals surface area contributed by atoms with Gasteiger partial charge in [-0.3, -0.25) is 9.44 Å². The van der Waals surface area contributed by atoms with Gasteiger partial charge in [-0.2, -0.15) is 0 Å². The molecule has 0 spiro atoms. The molecule has 0 aliphatic heterocycles. The van der Waals surface area contributed by atoms with E-state index in [-0.39, 0.29) is 30.0 Å². The molecular formula is C47H42N2O10S4. The van der Waals surface area contributed by atoms with Crippen LogP contribution < -0.4 is 9.44 Å². The van der Waals surface area contributed by atoms with Crippen molar-refractivity contribution in [3.63, 3.8) is 0 Å². The molecule has 0 aliphatic rings. The summed E-state index contributed by atoms with van der Waals surface area (Å²) in [5, 5.41) is 19.3. The van der Waals surface area contributed by atoms with Gasteiger partial charge in [0.25, 0.3) is 20.0 Å². The number of carboxylic acids is 2. The lowest BCUT2D eigenvalue weighted by molar-refractivity contribution is 0.0686. The highest BCUT2D eigenvalue weighted by Gasteiger charge is 2.25. The third-order valence-electron chi connectivity index (χ3n) is 9.77. The number of hydrogen-bond donors (Lipinski definition) is 4. The summed E-state index contributed by atoms with van der Waals surface area (Å²) in [5.41, 5.74) is 5.81. The normalized spacial score (nSPS) is 11.5. The molecule has 0 fully saturated rings. The van der Waals surface area contributed by atoms with Crippen LogP contribution in [-0.2, 0) is 55.6 Å². The zero-order valence-electron chi connectivity index (χ0n) is 33.7. The van der Waals surface area contributed by atoms with Gasteiger partial charge >= 0.3 is 11.9 Å². The fraction of sp³-hybridized carbons (Fsp3) is 0.106. The van der Waals surface area contributed by atoms with Crippen LogP contribution in [0.4, 0.5) is 11.4 Å². The number of rotatable bonds is 16. The average molecular weight is 923 g/mol. The number of carbonyl (C=O) groups is 2. The maximum Gasteiger partial charge on any atom is 0.335 e. The number of para-hydroxylation sites is 2. The Kier molecular flexibility index (Phi) is 14.6. The Morgan fingerprint density at radius 1 is 0.492 bits per heavy atom. The topological polar surface area (TPSA) is 201 Å². The van der Waals surface area contributed by atoms with Crippen molar-refractivity contribution in [2.45, 2.75) is 51.5 Å². The van der Waals surface area contributed by atoms with E-state index in [0.29, 0.717) is 37.1 Å². The largest absolute Gasteiger partial charge is 0.478 e. The summed E-state index contributed by atoms with van der Waals surface area (Å²) >= 11 is 0.839. The molecule has 0 bridgehead atoms. The molecule has 16 heteroatoms. The highest BCUT2D eigenvalue weighted by atomic mass is 32.2. The number of benzene rings is 6. The van der Waals surface area contributed by atoms with Crippen molar-refractivity contribution >= 4 is 64.5 Å². The van der Waals surface area contributed by atoms with Gasteiger partial charge in [0.15, 0.2) is 0 Å². The van der Waals surface area contributed by atoms with Crippen LogP contribution in [0.25, 0.3) is 0 Å². The second kappa shape index (κ2) is 20.1. The van der Waals surface area contributed by atoms with Crippen LogP contribution in [0.5, 0.6) is 0 Å². The molecule has 0 saturated carbocycles. The minimum Gasteiger partial charge on any atom is -0.478 e. The number of nitrogens with one attached hydrogen (secondary N) is 2. The van der Waals surface area contributed by atoms with Crippen LogP contribution in [0.1, 0.15) is 48.5 Å². The van der Waals surface area contributed by atoms with E-state index < -0.39 is 41.8 Å². The van der Waals surface area contributed by atoms with Gasteiger partial charge in [0.05, 0.1) is 37.2 Å². The van der Waals surface area contributed by atoms with Crippen molar-refractivity contribution in [1.82, 2.24) is 0 Å². The molecule has 1 heterocycles. The standard InChI is InChI=1S/C25H21NO6S3.C22H21NO4S/c27-25(28)20-14-11-18(12-15-20)10-13-19-6-4-5-9-23(19)26-35(31,32)24-16-22(17-33-24)34(29,30)21-7-2-1-3-8-21;1-16-5-4-7-20(15-16)28(26,27)23-21-8-3-2-6-18(21)12-9-17-10-13-19(14-11-17)22(24)25/h1-9,11-12,14-17,26H,10,13H2,(H,27,28);2-8,10-11,13-15,23H,9,12H2,1H3,(H,24,25). The van der Waals surface area contributed by atoms with Crippen molar-refractivity contribution in [1.29, 1.82) is 0 Å². The van der Waals surface area contributed by atoms with Crippen LogP contribution >= 0.6 is 11.3 Å². The van der Waals surface area contributed by atoms with Crippen molar-refractivity contribution in [3.05, 3.63) is 202 Å². The summed E-state index contributed by atoms with van der Waals surface area (Å²) in [6.07, 6.45) is 2.39. The number of anilines is 2. The Balaban J connectivity index is 0.000000215. The number of hydrogen-bond acceptors (Lipinski definition) is 9. The Morgan fingerprint density at radius 2 is 0.952 bits per heavy atom. The molecule has 0 radical (unpaired) electrons. The molecule has 7 rings (SSSR count). The highest BCUT2D eigenvalue weighted by molar-refractivity contribution is 7.95. The molecular weight excluding hydrogens is 881 g/mol. The molecule has 324 valence electrons. The van der Waals surface area contributed by atoms with E-state index in [2.05, 4.69) is 9.44 Å². The zero-order valence-corrected chi connectivity index (χ0v) is 37.0. The predicted octanol–water partition coefficient (Wildman–Crippen LogP) is 9.14. The molecule has 0 saturated heterocycles. The summed E-state index contributed by atoms with van der Waals surface area (Å²) in [6.45, 7) is 1.85. The number of thiophene rings is 1. The highest BCUT2D eigenvalue weighted by Crippen LogP contribution is 2.30. The minimum absolute atomic E-state index is 0.0767. The van der Waals surface area contributed by atoms with Gasteiger partial charge in [-0.25, -0.2) is 34.8 Å². The molecule has 0 aliphatic carbocycles. The van der Waals surface area contributed by atoms with Crippen LogP contribution in [0.3, 0.4) is 0 Å². The van der Waals surface area contributed by atoms with Crippen molar-refractivity contribution in [3.8, 4) is 0 Å². The maximum absolute atomic E-state index is 13.1. The molecule has 63 heavy (non-hydrogen) atoms. The van der Waals surface area contributed by atoms with E-state index in [9.17, 15) is 34.8 Å². The van der Waals surface area contributed by atoms with Gasteiger partial charge in [0, 0.05) is 5.38 Å². The second-order valence-electron chi connectivity index (χ2n) is 14.3. The van der Waals surface area contributed by atoms with E-state index in [1.54, 1.807) is 103 Å². The van der Waals surface area contributed by atoms with Crippen molar-refractivity contribution in [2.24, 2.45) is 0 Å². The monoisotopic (exact) mass is 922 g/mol. The summed E-state index contributed by atoms with van der Waals surface area (Å²) in [7, 11) is -11.5. The predicted molar refractivity (Wildman–Crippen MR) is 244 cm³/mol. The molecule has 0 unspecified atom stereocenters. The van der Waals surface area contributed by atoms with Crippen LogP contribution in [0, 0.1) is 6.92 Å². The lowest BCUT2D eigenvalue weighted by Gasteiger charge is -2.13. The molecule has 4 N–H and O–H groups in total. The Bertz CT molecular complexity index is 3060. The third kappa shape index (κ3) is 12.1. The van der Waals surface area contributed by atoms with Gasteiger partial charge in [0.1, 0.15) is 4.21 Å². The maximum atomic E-state index is 13.1. The SMILES string of the molecule is Cc1cccc(S(=O)(=O)Nc2ccccc2CCc2ccc(C(=O)O)cc2)c1.O=C(O)c1ccc(CCc2ccccc2NS(=O)(=O)c2cc(S(=O)(=O)c3ccccc3)cs2)cc1. The number of aromatic carboxylic acids is 2. The quantitative estimate of drug-likeness (QED) is 0.0724. The first-order valence-corrected chi connectivity index (χ1v) is 24.7. The van der Waals surface area contributed by atoms with Gasteiger partial charge in [-0.05, 0) is 127 Å². The third-order valence-corrected chi connectivity index (χ3v) is 15.8. The lowest BCUT2D eigenvalue weighted by atomic mass is 10.0. The minimum atomic E-state index is -4.02. The molecule has 0 amide bonds. The summed E-state index contributed by atoms with van der Waals surface area (Å²) < 4.78 is 82.3. The van der Waals surface area contributed by atoms with E-state index in [1.165, 1.54) is 35.7 Å². The molecule has 7 aromatic rings. The number of sulfonamides is 2. The van der Waals surface area contributed by atoms with Gasteiger partial charge in [-0.1, -0.05) is 91.0 Å². The number of sulfone groups is 1. The Morgan fingerprint density at radius 3 is 1.44 bits per heavy atom. The zero-order chi connectivity index (χ0) is 45.2. The summed E-state index contributed by atoms with van der Waals surface area (Å²) in [5.74, 6) is -1.95. The van der Waals surface area contributed by atoms with Gasteiger partial charge < -0.3 is 10.2 Å². The smallest absolute Gasteiger partial charge is 0.335 e. The van der Waals surface area contributed by atoms with Gasteiger partial charge in [-0.15, -0.1) is 11.3 Å². The van der Waals surface area contributed by atoms with E-state index >= 15 is 0 Å². The van der Waals surface area contributed by atoms with Gasteiger partial charge in [0.2, 0.25) is 9.84 Å². The fourth-order valence-electron chi connectivity index (χ4n) is 6.36. The van der Waals surface area contributed by atoms with Crippen LogP contribution in [-0.4, -0.2) is 47.4 Å². The molecule has 6 aromatic carbocycles. The Hall–Kier alpha value is -6.59. The van der Waals surface area contributed by atoms with Crippen LogP contribution in [0.15, 0.2) is 182 Å². The first kappa shape index (κ1) is 45.9. The van der Waals surface area contributed by atoms with E-state index in [0.717, 1.165) is 39.2 Å². The average Bonchev–Trinajstić information content (AvgIpc) is 3.80. The van der Waals surface area contributed by atoms with Crippen molar-refractivity contribution < 1.29 is 45.1 Å². The molecule has 1 aromatic heterocycles. The second-order valence-corrected chi connectivity index (χ2v) is 20.7. The summed E-state index contributed by atoms with van der Waals surface area (Å²) in [4.78, 5) is 22.2. The lowest BCUT2D eigenvalue weighted by Crippen LogP contribution is -2.14. The van der Waals surface area contributed by atoms with Crippen molar-refractivity contribution in [2.75, 3.05) is 9.44 Å². The van der Waals surface area contributed by atoms with E-state index in [4.69, 9.17) is 10.2 Å². The number of aryl methyl sites for hydroxylation is 5. The molecule has 0 atom stereocenters. The van der Waals surface area contributed by atoms with Crippen LogP contribution in [0.2, 0.25) is 0 Å². The summed E-state index contributed by atoms with van der Waals surface area (Å²) in [6, 6.07) is 43.3. The van der Waals surface area contributed by atoms with E-state index in [1.807, 2.05) is 31.2 Å². The first-order valence-electron chi connectivity index (χ1n) is 19.3. The fourth-order valence-corrected chi connectivity index (χ4v) is 11.6. The molecule has 12 nitrogen and oxygen atoms in total. The Labute approximate surface area is 370 Å². The number of carboxylic acid groups (broad SMARTS) is 2.